The third-order valence-electron chi connectivity index (χ3n) is 1.95. The number of allylic oxidation sites excluding steroid dienone is 1. The van der Waals surface area contributed by atoms with Gasteiger partial charge in [-0.2, -0.15) is 0 Å². The van der Waals surface area contributed by atoms with Gasteiger partial charge in [0.25, 0.3) is 0 Å². The van der Waals surface area contributed by atoms with Crippen molar-refractivity contribution in [3.05, 3.63) is 47.5 Å². The van der Waals surface area contributed by atoms with Crippen LogP contribution in [0.3, 0.4) is 0 Å². The molecular weight excluding hydrogens is 176 g/mol. The normalized spacial score (nSPS) is 11.4. The van der Waals surface area contributed by atoms with Crippen molar-refractivity contribution in [1.82, 2.24) is 0 Å². The maximum Gasteiger partial charge on any atom is 0.307 e. The summed E-state index contributed by atoms with van der Waals surface area (Å²) < 4.78 is 0. The highest BCUT2D eigenvalue weighted by Gasteiger charge is 1.95. The van der Waals surface area contributed by atoms with Gasteiger partial charge in [-0.05, 0) is 18.9 Å². The van der Waals surface area contributed by atoms with E-state index in [-0.39, 0.29) is 6.42 Å². The van der Waals surface area contributed by atoms with Gasteiger partial charge in [-0.3, -0.25) is 4.79 Å². The highest BCUT2D eigenvalue weighted by molar-refractivity contribution is 5.68. The Bertz CT molecular complexity index is 325. The number of carbonyl (C=O) groups is 1. The van der Waals surface area contributed by atoms with Crippen molar-refractivity contribution in [2.45, 2.75) is 19.8 Å². The maximum atomic E-state index is 10.3. The number of benzene rings is 1. The summed E-state index contributed by atoms with van der Waals surface area (Å²) in [7, 11) is 0. The van der Waals surface area contributed by atoms with Crippen LogP contribution in [-0.2, 0) is 11.2 Å². The molecule has 1 rings (SSSR count). The first-order chi connectivity index (χ1) is 6.68. The minimum Gasteiger partial charge on any atom is -0.481 e. The average Bonchev–Trinajstić information content (AvgIpc) is 2.16. The molecule has 0 saturated heterocycles. The molecule has 0 radical (unpaired) electrons. The third kappa shape index (κ3) is 3.90. The Morgan fingerprint density at radius 1 is 1.36 bits per heavy atom. The monoisotopic (exact) mass is 190 g/mol. The number of carboxylic acid groups (broad SMARTS) is 1. The molecule has 74 valence electrons. The molecule has 0 aromatic heterocycles. The zero-order valence-electron chi connectivity index (χ0n) is 8.23. The molecule has 1 aromatic carbocycles. The van der Waals surface area contributed by atoms with Crippen molar-refractivity contribution in [2.24, 2.45) is 0 Å². The first-order valence-corrected chi connectivity index (χ1v) is 4.60. The first kappa shape index (κ1) is 10.5. The maximum absolute atomic E-state index is 10.3. The van der Waals surface area contributed by atoms with Gasteiger partial charge in [0, 0.05) is 0 Å². The summed E-state index contributed by atoms with van der Waals surface area (Å²) in [5.41, 5.74) is 2.31. The van der Waals surface area contributed by atoms with Crippen LogP contribution < -0.4 is 0 Å². The Kier molecular flexibility index (Phi) is 3.92. The van der Waals surface area contributed by atoms with Crippen LogP contribution in [0.2, 0.25) is 0 Å². The second kappa shape index (κ2) is 5.22. The van der Waals surface area contributed by atoms with Crippen LogP contribution in [0.5, 0.6) is 0 Å². The molecule has 0 amide bonds. The zero-order chi connectivity index (χ0) is 10.4. The molecule has 2 heteroatoms. The van der Waals surface area contributed by atoms with E-state index < -0.39 is 5.97 Å². The van der Waals surface area contributed by atoms with Crippen molar-refractivity contribution in [3.8, 4) is 0 Å². The van der Waals surface area contributed by atoms with Crippen molar-refractivity contribution < 1.29 is 9.90 Å². The van der Waals surface area contributed by atoms with Crippen LogP contribution in [0.4, 0.5) is 0 Å². The average molecular weight is 190 g/mol. The van der Waals surface area contributed by atoms with Crippen molar-refractivity contribution in [1.29, 1.82) is 0 Å². The van der Waals surface area contributed by atoms with E-state index in [1.807, 2.05) is 37.3 Å². The van der Waals surface area contributed by atoms with Gasteiger partial charge in [0.15, 0.2) is 0 Å². The van der Waals surface area contributed by atoms with Crippen LogP contribution in [0.15, 0.2) is 42.0 Å². The molecule has 0 saturated carbocycles. The molecule has 14 heavy (non-hydrogen) atoms. The van der Waals surface area contributed by atoms with E-state index in [0.29, 0.717) is 0 Å². The molecule has 0 fully saturated rings. The number of carboxylic acids is 1. The summed E-state index contributed by atoms with van der Waals surface area (Å²) in [4.78, 5) is 10.3. The Balaban J connectivity index is 2.53. The Morgan fingerprint density at radius 2 is 2.00 bits per heavy atom. The molecule has 1 N–H and O–H groups in total. The van der Waals surface area contributed by atoms with E-state index >= 15 is 0 Å². The largest absolute Gasteiger partial charge is 0.481 e. The summed E-state index contributed by atoms with van der Waals surface area (Å²) in [6, 6.07) is 10.0. The minimum absolute atomic E-state index is 0.110. The Hall–Kier alpha value is -1.57. The Labute approximate surface area is 83.9 Å². The number of aliphatic carboxylic acids is 1. The lowest BCUT2D eigenvalue weighted by Gasteiger charge is -2.00. The van der Waals surface area contributed by atoms with Gasteiger partial charge < -0.3 is 5.11 Å². The molecule has 0 unspecified atom stereocenters. The van der Waals surface area contributed by atoms with Crippen LogP contribution in [0.25, 0.3) is 0 Å². The fraction of sp³-hybridized carbons (Fsp3) is 0.250. The summed E-state index contributed by atoms with van der Waals surface area (Å²) in [5.74, 6) is -0.780. The quantitative estimate of drug-likeness (QED) is 0.741. The molecule has 0 aliphatic heterocycles. The molecule has 2 nitrogen and oxygen atoms in total. The van der Waals surface area contributed by atoms with Crippen molar-refractivity contribution in [2.75, 3.05) is 0 Å². The molecule has 0 aliphatic carbocycles. The van der Waals surface area contributed by atoms with Crippen LogP contribution in [0, 0.1) is 0 Å². The van der Waals surface area contributed by atoms with E-state index in [4.69, 9.17) is 5.11 Å². The fourth-order valence-corrected chi connectivity index (χ4v) is 1.25. The minimum atomic E-state index is -0.780. The molecule has 1 aromatic rings. The Morgan fingerprint density at radius 3 is 2.57 bits per heavy atom. The predicted octanol–water partition coefficient (Wildman–Crippen LogP) is 2.65. The third-order valence-corrected chi connectivity index (χ3v) is 1.95. The summed E-state index contributed by atoms with van der Waals surface area (Å²) in [5, 5.41) is 8.48. The summed E-state index contributed by atoms with van der Waals surface area (Å²) in [6.07, 6.45) is 2.70. The van der Waals surface area contributed by atoms with Gasteiger partial charge >= 0.3 is 5.97 Å². The molecule has 0 spiro atoms. The van der Waals surface area contributed by atoms with Crippen molar-refractivity contribution >= 4 is 5.97 Å². The van der Waals surface area contributed by atoms with Gasteiger partial charge in [0.05, 0.1) is 6.42 Å². The van der Waals surface area contributed by atoms with Crippen LogP contribution in [0.1, 0.15) is 18.9 Å². The smallest absolute Gasteiger partial charge is 0.307 e. The molecule has 0 heterocycles. The molecule has 0 bridgehead atoms. The topological polar surface area (TPSA) is 37.3 Å². The molecular formula is C12H14O2. The van der Waals surface area contributed by atoms with Gasteiger partial charge in [-0.15, -0.1) is 0 Å². The predicted molar refractivity (Wildman–Crippen MR) is 56.2 cm³/mol. The zero-order valence-corrected chi connectivity index (χ0v) is 8.23. The lowest BCUT2D eigenvalue weighted by molar-refractivity contribution is -0.136. The number of hydrogen-bond acceptors (Lipinski definition) is 1. The van der Waals surface area contributed by atoms with E-state index in [2.05, 4.69) is 0 Å². The SMILES string of the molecule is C/C(=C\CC(=O)O)Cc1ccccc1. The van der Waals surface area contributed by atoms with E-state index in [9.17, 15) is 4.79 Å². The highest BCUT2D eigenvalue weighted by Crippen LogP contribution is 2.07. The lowest BCUT2D eigenvalue weighted by Crippen LogP contribution is -1.93. The van der Waals surface area contributed by atoms with Crippen LogP contribution >= 0.6 is 0 Å². The first-order valence-electron chi connectivity index (χ1n) is 4.60. The van der Waals surface area contributed by atoms with Crippen molar-refractivity contribution in [3.63, 3.8) is 0 Å². The molecule has 0 atom stereocenters. The summed E-state index contributed by atoms with van der Waals surface area (Å²) in [6.45, 7) is 1.95. The van der Waals surface area contributed by atoms with E-state index in [1.165, 1.54) is 5.56 Å². The fourth-order valence-electron chi connectivity index (χ4n) is 1.25. The van der Waals surface area contributed by atoms with Crippen LogP contribution in [-0.4, -0.2) is 11.1 Å². The highest BCUT2D eigenvalue weighted by atomic mass is 16.4. The second-order valence-corrected chi connectivity index (χ2v) is 3.31. The van der Waals surface area contributed by atoms with Gasteiger partial charge in [-0.1, -0.05) is 42.0 Å². The lowest BCUT2D eigenvalue weighted by atomic mass is 10.1. The van der Waals surface area contributed by atoms with Gasteiger partial charge in [0.2, 0.25) is 0 Å². The van der Waals surface area contributed by atoms with E-state index in [1.54, 1.807) is 6.08 Å². The van der Waals surface area contributed by atoms with Gasteiger partial charge in [-0.25, -0.2) is 0 Å². The second-order valence-electron chi connectivity index (χ2n) is 3.31. The standard InChI is InChI=1S/C12H14O2/c1-10(7-8-12(13)14)9-11-5-3-2-4-6-11/h2-7H,8-9H2,1H3,(H,13,14)/b10-7+. The number of hydrogen-bond donors (Lipinski definition) is 1. The van der Waals surface area contributed by atoms with E-state index in [0.717, 1.165) is 12.0 Å². The van der Waals surface area contributed by atoms with Gasteiger partial charge in [0.1, 0.15) is 0 Å². The molecule has 0 aliphatic rings. The number of rotatable bonds is 4. The summed E-state index contributed by atoms with van der Waals surface area (Å²) >= 11 is 0.